The second-order valence-corrected chi connectivity index (χ2v) is 3.81. The van der Waals surface area contributed by atoms with Crippen molar-refractivity contribution in [2.24, 2.45) is 0 Å². The zero-order valence-corrected chi connectivity index (χ0v) is 7.89. The molecule has 2 aromatic rings. The average Bonchev–Trinajstić information content (AvgIpc) is 2.53. The average molecular weight is 192 g/mol. The van der Waals surface area contributed by atoms with Crippen LogP contribution in [0, 0.1) is 6.92 Å². The molecule has 0 aliphatic heterocycles. The number of hydrogen-bond donors (Lipinski definition) is 1. The minimum absolute atomic E-state index is 0.399. The lowest BCUT2D eigenvalue weighted by Crippen LogP contribution is -1.95. The molecule has 0 atom stereocenters. The number of carbonyl (C=O) groups is 1. The Morgan fingerprint density at radius 2 is 2.15 bits per heavy atom. The summed E-state index contributed by atoms with van der Waals surface area (Å²) in [5.41, 5.74) is 1.52. The summed E-state index contributed by atoms with van der Waals surface area (Å²) in [7, 11) is 0. The number of fused-ring (bicyclic) bond motifs is 1. The molecule has 1 N–H and O–H groups in total. The van der Waals surface area contributed by atoms with E-state index in [4.69, 9.17) is 5.11 Å². The van der Waals surface area contributed by atoms with Gasteiger partial charge in [-0.1, -0.05) is 6.07 Å². The van der Waals surface area contributed by atoms with Gasteiger partial charge in [0.05, 0.1) is 5.56 Å². The van der Waals surface area contributed by atoms with E-state index in [0.717, 1.165) is 15.6 Å². The number of aryl methyl sites for hydroxylation is 1. The molecule has 0 aliphatic rings. The van der Waals surface area contributed by atoms with Gasteiger partial charge in [-0.3, -0.25) is 0 Å². The van der Waals surface area contributed by atoms with Crippen molar-refractivity contribution in [1.82, 2.24) is 0 Å². The van der Waals surface area contributed by atoms with Gasteiger partial charge in [-0.05, 0) is 35.4 Å². The molecule has 1 aromatic carbocycles. The van der Waals surface area contributed by atoms with Gasteiger partial charge in [0.1, 0.15) is 0 Å². The summed E-state index contributed by atoms with van der Waals surface area (Å²) in [6, 6.07) is 5.47. The molecule has 0 saturated heterocycles. The van der Waals surface area contributed by atoms with E-state index in [1.54, 1.807) is 6.07 Å². The van der Waals surface area contributed by atoms with Crippen LogP contribution in [0.4, 0.5) is 0 Å². The zero-order chi connectivity index (χ0) is 9.42. The minimum atomic E-state index is -0.854. The van der Waals surface area contributed by atoms with Crippen molar-refractivity contribution >= 4 is 27.4 Å². The summed E-state index contributed by atoms with van der Waals surface area (Å²) < 4.78 is 0.868. The van der Waals surface area contributed by atoms with Crippen molar-refractivity contribution < 1.29 is 9.90 Å². The molecule has 0 fully saturated rings. The predicted octanol–water partition coefficient (Wildman–Crippen LogP) is 2.91. The highest BCUT2D eigenvalue weighted by Gasteiger charge is 2.09. The normalized spacial score (nSPS) is 10.5. The maximum atomic E-state index is 10.8. The molecule has 66 valence electrons. The maximum absolute atomic E-state index is 10.8. The van der Waals surface area contributed by atoms with Gasteiger partial charge in [-0.15, -0.1) is 11.3 Å². The molecule has 0 bridgehead atoms. The summed E-state index contributed by atoms with van der Waals surface area (Å²) in [6.07, 6.45) is 0. The van der Waals surface area contributed by atoms with Crippen LogP contribution in [0.3, 0.4) is 0 Å². The molecular weight excluding hydrogens is 184 g/mol. The van der Waals surface area contributed by atoms with Gasteiger partial charge < -0.3 is 5.11 Å². The summed E-state index contributed by atoms with van der Waals surface area (Å²) in [5, 5.41) is 11.9. The Morgan fingerprint density at radius 3 is 2.85 bits per heavy atom. The van der Waals surface area contributed by atoms with Crippen molar-refractivity contribution in [2.75, 3.05) is 0 Å². The van der Waals surface area contributed by atoms with Gasteiger partial charge in [0, 0.05) is 4.70 Å². The number of rotatable bonds is 1. The van der Waals surface area contributed by atoms with Crippen LogP contribution < -0.4 is 0 Å². The lowest BCUT2D eigenvalue weighted by molar-refractivity contribution is 0.0699. The fourth-order valence-corrected chi connectivity index (χ4v) is 2.35. The fraction of sp³-hybridized carbons (Fsp3) is 0.100. The van der Waals surface area contributed by atoms with Crippen LogP contribution in [0.2, 0.25) is 0 Å². The van der Waals surface area contributed by atoms with E-state index in [1.807, 2.05) is 24.4 Å². The van der Waals surface area contributed by atoms with Crippen molar-refractivity contribution in [3.63, 3.8) is 0 Å². The van der Waals surface area contributed by atoms with Crippen LogP contribution in [-0.2, 0) is 0 Å². The third-order valence-electron chi connectivity index (χ3n) is 2.07. The Hall–Kier alpha value is -1.35. The highest BCUT2D eigenvalue weighted by atomic mass is 32.1. The van der Waals surface area contributed by atoms with E-state index in [2.05, 4.69) is 0 Å². The summed E-state index contributed by atoms with van der Waals surface area (Å²) in [5.74, 6) is -0.854. The smallest absolute Gasteiger partial charge is 0.337 e. The number of thiophene rings is 1. The van der Waals surface area contributed by atoms with Crippen molar-refractivity contribution in [3.8, 4) is 0 Å². The second-order valence-electron chi connectivity index (χ2n) is 2.90. The summed E-state index contributed by atoms with van der Waals surface area (Å²) in [6.45, 7) is 1.99. The van der Waals surface area contributed by atoms with E-state index in [-0.39, 0.29) is 0 Å². The first-order valence-corrected chi connectivity index (χ1v) is 4.78. The van der Waals surface area contributed by atoms with Crippen molar-refractivity contribution in [1.29, 1.82) is 0 Å². The van der Waals surface area contributed by atoms with Crippen LogP contribution in [0.15, 0.2) is 23.6 Å². The topological polar surface area (TPSA) is 37.3 Å². The van der Waals surface area contributed by atoms with Gasteiger partial charge >= 0.3 is 5.97 Å². The highest BCUT2D eigenvalue weighted by Crippen LogP contribution is 2.27. The number of carboxylic acid groups (broad SMARTS) is 1. The third kappa shape index (κ3) is 1.21. The fourth-order valence-electron chi connectivity index (χ4n) is 1.37. The molecule has 0 spiro atoms. The molecule has 0 aliphatic carbocycles. The van der Waals surface area contributed by atoms with Crippen LogP contribution in [0.5, 0.6) is 0 Å². The second kappa shape index (κ2) is 2.85. The Morgan fingerprint density at radius 1 is 1.38 bits per heavy atom. The first kappa shape index (κ1) is 8.26. The Kier molecular flexibility index (Phi) is 1.81. The molecule has 2 rings (SSSR count). The molecule has 13 heavy (non-hydrogen) atoms. The van der Waals surface area contributed by atoms with Crippen LogP contribution >= 0.6 is 11.3 Å². The molecule has 0 amide bonds. The zero-order valence-electron chi connectivity index (χ0n) is 7.07. The first-order valence-electron chi connectivity index (χ1n) is 3.90. The molecule has 0 unspecified atom stereocenters. The number of hydrogen-bond acceptors (Lipinski definition) is 2. The quantitative estimate of drug-likeness (QED) is 0.754. The predicted molar refractivity (Wildman–Crippen MR) is 53.5 cm³/mol. The summed E-state index contributed by atoms with van der Waals surface area (Å²) in [4.78, 5) is 10.8. The molecule has 2 nitrogen and oxygen atoms in total. The monoisotopic (exact) mass is 192 g/mol. The Labute approximate surface area is 79.4 Å². The molecular formula is C10H8O2S. The van der Waals surface area contributed by atoms with Gasteiger partial charge in [0.25, 0.3) is 0 Å². The van der Waals surface area contributed by atoms with E-state index in [9.17, 15) is 4.79 Å². The largest absolute Gasteiger partial charge is 0.478 e. The standard InChI is InChI=1S/C10H8O2S/c1-6-2-3-8(10(11)12)9-7(6)4-5-13-9/h2-5H,1H3,(H,11,12). The minimum Gasteiger partial charge on any atom is -0.478 e. The van der Waals surface area contributed by atoms with E-state index >= 15 is 0 Å². The van der Waals surface area contributed by atoms with E-state index < -0.39 is 5.97 Å². The molecule has 1 heterocycles. The summed E-state index contributed by atoms with van der Waals surface area (Å²) >= 11 is 1.48. The van der Waals surface area contributed by atoms with Crippen LogP contribution in [-0.4, -0.2) is 11.1 Å². The van der Waals surface area contributed by atoms with E-state index in [1.165, 1.54) is 11.3 Å². The molecule has 3 heteroatoms. The third-order valence-corrected chi connectivity index (χ3v) is 3.01. The first-order chi connectivity index (χ1) is 6.20. The number of carboxylic acids is 1. The molecule has 0 saturated carbocycles. The van der Waals surface area contributed by atoms with Crippen LogP contribution in [0.1, 0.15) is 15.9 Å². The van der Waals surface area contributed by atoms with Gasteiger partial charge in [0.2, 0.25) is 0 Å². The van der Waals surface area contributed by atoms with Gasteiger partial charge in [-0.25, -0.2) is 4.79 Å². The van der Waals surface area contributed by atoms with Crippen molar-refractivity contribution in [2.45, 2.75) is 6.92 Å². The SMILES string of the molecule is Cc1ccc(C(=O)O)c2sccc12. The van der Waals surface area contributed by atoms with Crippen molar-refractivity contribution in [3.05, 3.63) is 34.7 Å². The Bertz CT molecular complexity index is 471. The van der Waals surface area contributed by atoms with Crippen LogP contribution in [0.25, 0.3) is 10.1 Å². The van der Waals surface area contributed by atoms with Gasteiger partial charge in [-0.2, -0.15) is 0 Å². The maximum Gasteiger partial charge on any atom is 0.337 e. The lowest BCUT2D eigenvalue weighted by atomic mass is 10.1. The molecule has 1 aromatic heterocycles. The lowest BCUT2D eigenvalue weighted by Gasteiger charge is -1.99. The molecule has 0 radical (unpaired) electrons. The number of benzene rings is 1. The number of aromatic carboxylic acids is 1. The van der Waals surface area contributed by atoms with Gasteiger partial charge in [0.15, 0.2) is 0 Å². The highest BCUT2D eigenvalue weighted by molar-refractivity contribution is 7.17. The Balaban J connectivity index is 2.86. The van der Waals surface area contributed by atoms with E-state index in [0.29, 0.717) is 5.56 Å².